The lowest BCUT2D eigenvalue weighted by atomic mass is 10.1. The zero-order chi connectivity index (χ0) is 22.3. The molecule has 0 amide bonds. The molecule has 0 radical (unpaired) electrons. The molecule has 1 aromatic heterocycles. The van der Waals surface area contributed by atoms with Crippen molar-refractivity contribution in [3.63, 3.8) is 0 Å². The number of nitrogens with one attached hydrogen (secondary N) is 1. The van der Waals surface area contributed by atoms with Gasteiger partial charge in [-0.2, -0.15) is 0 Å². The standard InChI is InChI=1S/C22H33N2O5P/c1-7-9-17-12-19(13-20(27-6)21(17)25)29-30(26,28-16(4)5)22(15(2)3)24-18-10-8-11-23-14-18/h8,10-16,22,24-25H,7,9H2,1-6H3. The summed E-state index contributed by atoms with van der Waals surface area (Å²) in [4.78, 5) is 4.11. The minimum atomic E-state index is -3.69. The van der Waals surface area contributed by atoms with Gasteiger partial charge in [0.15, 0.2) is 11.5 Å². The fourth-order valence-corrected chi connectivity index (χ4v) is 5.43. The molecular weight excluding hydrogens is 403 g/mol. The maximum Gasteiger partial charge on any atom is 0.401 e. The van der Waals surface area contributed by atoms with Crippen LogP contribution in [0.5, 0.6) is 17.2 Å². The molecule has 2 rings (SSSR count). The molecule has 0 spiro atoms. The normalized spacial score (nSPS) is 14.4. The number of nitrogens with zero attached hydrogens (tertiary/aromatic N) is 1. The van der Waals surface area contributed by atoms with Gasteiger partial charge >= 0.3 is 7.60 Å². The number of methoxy groups -OCH3 is 1. The van der Waals surface area contributed by atoms with Crippen LogP contribution in [0.4, 0.5) is 5.69 Å². The minimum Gasteiger partial charge on any atom is -0.504 e. The molecular formula is C22H33N2O5P. The van der Waals surface area contributed by atoms with Crippen LogP contribution in [0.3, 0.4) is 0 Å². The fourth-order valence-electron chi connectivity index (χ4n) is 3.12. The van der Waals surface area contributed by atoms with E-state index in [0.29, 0.717) is 17.7 Å². The lowest BCUT2D eigenvalue weighted by Gasteiger charge is -2.32. The SMILES string of the molecule is CCCc1cc(OP(=O)(OC(C)C)C(Nc2cccnc2)C(C)C)cc(OC)c1O. The van der Waals surface area contributed by atoms with Gasteiger partial charge in [0.25, 0.3) is 0 Å². The van der Waals surface area contributed by atoms with Crippen LogP contribution in [0.1, 0.15) is 46.6 Å². The molecule has 0 aliphatic carbocycles. The molecule has 30 heavy (non-hydrogen) atoms. The summed E-state index contributed by atoms with van der Waals surface area (Å²) in [5.41, 5.74) is 1.40. The molecule has 2 unspecified atom stereocenters. The van der Waals surface area contributed by atoms with Crippen LogP contribution in [-0.4, -0.2) is 29.1 Å². The van der Waals surface area contributed by atoms with Crippen molar-refractivity contribution in [3.8, 4) is 17.2 Å². The average molecular weight is 436 g/mol. The van der Waals surface area contributed by atoms with Gasteiger partial charge in [-0.05, 0) is 44.4 Å². The Bertz CT molecular complexity index is 858. The van der Waals surface area contributed by atoms with Gasteiger partial charge in [0.2, 0.25) is 0 Å². The number of anilines is 1. The first-order chi connectivity index (χ1) is 14.2. The topological polar surface area (TPSA) is 89.9 Å². The van der Waals surface area contributed by atoms with Gasteiger partial charge in [-0.25, -0.2) is 4.57 Å². The Morgan fingerprint density at radius 1 is 1.23 bits per heavy atom. The number of phenolic OH excluding ortho intramolecular Hbond substituents is 1. The third kappa shape index (κ3) is 6.13. The van der Waals surface area contributed by atoms with Crippen LogP contribution in [0.25, 0.3) is 0 Å². The summed E-state index contributed by atoms with van der Waals surface area (Å²) in [7, 11) is -2.22. The number of ether oxygens (including phenoxy) is 1. The van der Waals surface area contributed by atoms with Crippen molar-refractivity contribution in [2.24, 2.45) is 5.92 Å². The van der Waals surface area contributed by atoms with E-state index in [1.54, 1.807) is 24.5 Å². The highest BCUT2D eigenvalue weighted by molar-refractivity contribution is 7.55. The molecule has 0 saturated heterocycles. The summed E-state index contributed by atoms with van der Waals surface area (Å²) >= 11 is 0. The molecule has 7 nitrogen and oxygen atoms in total. The van der Waals surface area contributed by atoms with Gasteiger partial charge in [-0.15, -0.1) is 0 Å². The van der Waals surface area contributed by atoms with Crippen molar-refractivity contribution in [2.75, 3.05) is 12.4 Å². The van der Waals surface area contributed by atoms with Crippen molar-refractivity contribution in [2.45, 2.75) is 59.3 Å². The first kappa shape index (κ1) is 24.0. The van der Waals surface area contributed by atoms with E-state index in [-0.39, 0.29) is 23.5 Å². The van der Waals surface area contributed by atoms with Gasteiger partial charge in [0.05, 0.1) is 18.9 Å². The molecule has 2 atom stereocenters. The van der Waals surface area contributed by atoms with Crippen molar-refractivity contribution in [1.29, 1.82) is 0 Å². The number of pyridine rings is 1. The minimum absolute atomic E-state index is 0.0658. The van der Waals surface area contributed by atoms with Crippen molar-refractivity contribution >= 4 is 13.3 Å². The zero-order valence-electron chi connectivity index (χ0n) is 18.6. The average Bonchev–Trinajstić information content (AvgIpc) is 2.68. The molecule has 8 heteroatoms. The predicted molar refractivity (Wildman–Crippen MR) is 120 cm³/mol. The molecule has 2 N–H and O–H groups in total. The predicted octanol–water partition coefficient (Wildman–Crippen LogP) is 5.84. The quantitative estimate of drug-likeness (QED) is 0.428. The molecule has 1 aromatic carbocycles. The summed E-state index contributed by atoms with van der Waals surface area (Å²) in [6, 6.07) is 6.88. The Kier molecular flexibility index (Phi) is 8.56. The van der Waals surface area contributed by atoms with Crippen molar-refractivity contribution in [3.05, 3.63) is 42.2 Å². The van der Waals surface area contributed by atoms with E-state index in [9.17, 15) is 9.67 Å². The van der Waals surface area contributed by atoms with Crippen LogP contribution < -0.4 is 14.6 Å². The molecule has 1 heterocycles. The third-order valence-corrected chi connectivity index (χ3v) is 6.99. The number of hydrogen-bond acceptors (Lipinski definition) is 7. The number of phenols is 1. The fraction of sp³-hybridized carbons (Fsp3) is 0.500. The lowest BCUT2D eigenvalue weighted by Crippen LogP contribution is -2.30. The van der Waals surface area contributed by atoms with E-state index in [0.717, 1.165) is 12.1 Å². The van der Waals surface area contributed by atoms with Crippen LogP contribution in [0, 0.1) is 5.92 Å². The Morgan fingerprint density at radius 3 is 2.50 bits per heavy atom. The molecule has 0 fully saturated rings. The molecule has 0 aliphatic rings. The highest BCUT2D eigenvalue weighted by atomic mass is 31.2. The summed E-state index contributed by atoms with van der Waals surface area (Å²) in [5.74, 6) is -0.00766. The molecule has 2 aromatic rings. The van der Waals surface area contributed by atoms with Crippen molar-refractivity contribution in [1.82, 2.24) is 4.98 Å². The van der Waals surface area contributed by atoms with Crippen LogP contribution in [0.15, 0.2) is 36.7 Å². The number of aromatic hydroxyl groups is 1. The molecule has 0 saturated carbocycles. The number of aryl methyl sites for hydroxylation is 1. The summed E-state index contributed by atoms with van der Waals surface area (Å²) in [5, 5.41) is 13.6. The Labute approximate surface area is 179 Å². The Hall–Kier alpha value is -2.24. The van der Waals surface area contributed by atoms with Crippen LogP contribution in [-0.2, 0) is 15.5 Å². The monoisotopic (exact) mass is 436 g/mol. The van der Waals surface area contributed by atoms with Gasteiger partial charge in [0.1, 0.15) is 11.5 Å². The second-order valence-corrected chi connectivity index (χ2v) is 9.77. The van der Waals surface area contributed by atoms with E-state index in [1.807, 2.05) is 40.7 Å². The van der Waals surface area contributed by atoms with Crippen LogP contribution in [0.2, 0.25) is 0 Å². The number of hydrogen-bond donors (Lipinski definition) is 2. The zero-order valence-corrected chi connectivity index (χ0v) is 19.5. The lowest BCUT2D eigenvalue weighted by molar-refractivity contribution is 0.200. The number of rotatable bonds is 11. The maximum atomic E-state index is 14.1. The largest absolute Gasteiger partial charge is 0.504 e. The third-order valence-electron chi connectivity index (χ3n) is 4.41. The summed E-state index contributed by atoms with van der Waals surface area (Å²) in [6.07, 6.45) is 4.49. The van der Waals surface area contributed by atoms with E-state index >= 15 is 0 Å². The highest BCUT2D eigenvalue weighted by Crippen LogP contribution is 2.57. The molecule has 166 valence electrons. The van der Waals surface area contributed by atoms with Crippen molar-refractivity contribution < 1.29 is 23.5 Å². The van der Waals surface area contributed by atoms with E-state index in [4.69, 9.17) is 13.8 Å². The molecule has 0 bridgehead atoms. The van der Waals surface area contributed by atoms with Gasteiger partial charge < -0.3 is 19.7 Å². The Balaban J connectivity index is 2.46. The van der Waals surface area contributed by atoms with Gasteiger partial charge in [-0.1, -0.05) is 27.2 Å². The number of benzene rings is 1. The summed E-state index contributed by atoms with van der Waals surface area (Å²) < 4.78 is 31.3. The van der Waals surface area contributed by atoms with E-state index in [1.165, 1.54) is 13.2 Å². The Morgan fingerprint density at radius 2 is 1.97 bits per heavy atom. The maximum absolute atomic E-state index is 14.1. The first-order valence-corrected chi connectivity index (χ1v) is 11.9. The van der Waals surface area contributed by atoms with Gasteiger partial charge in [0, 0.05) is 24.0 Å². The second-order valence-electron chi connectivity index (χ2n) is 7.74. The summed E-state index contributed by atoms with van der Waals surface area (Å²) in [6.45, 7) is 9.55. The number of aromatic nitrogens is 1. The van der Waals surface area contributed by atoms with Crippen LogP contribution >= 0.6 is 7.60 Å². The van der Waals surface area contributed by atoms with Gasteiger partial charge in [-0.3, -0.25) is 9.51 Å². The first-order valence-electron chi connectivity index (χ1n) is 10.2. The van der Waals surface area contributed by atoms with E-state index < -0.39 is 13.4 Å². The molecule has 0 aliphatic heterocycles. The smallest absolute Gasteiger partial charge is 0.401 e. The van der Waals surface area contributed by atoms with E-state index in [2.05, 4.69) is 10.3 Å². The highest BCUT2D eigenvalue weighted by Gasteiger charge is 2.41. The second kappa shape index (κ2) is 10.7.